The van der Waals surface area contributed by atoms with Crippen molar-refractivity contribution in [2.75, 3.05) is 24.5 Å². The Bertz CT molecular complexity index is 769. The lowest BCUT2D eigenvalue weighted by Gasteiger charge is -2.33. The summed E-state index contributed by atoms with van der Waals surface area (Å²) >= 11 is 0. The highest BCUT2D eigenvalue weighted by Crippen LogP contribution is 2.32. The standard InChI is InChI=1S/C19H27N5O/c1-2-9-21-19(25)14-6-5-11-23(13-14)18-17-15-7-3-4-8-16(15)22-24(17)12-10-20-18/h10,12,14H,2-9,11,13H2,1H3,(H,21,25). The highest BCUT2D eigenvalue weighted by molar-refractivity contribution is 5.80. The van der Waals surface area contributed by atoms with Crippen LogP contribution in [-0.4, -0.2) is 40.1 Å². The van der Waals surface area contributed by atoms with Crippen molar-refractivity contribution >= 4 is 17.2 Å². The van der Waals surface area contributed by atoms with Gasteiger partial charge in [-0.3, -0.25) is 4.79 Å². The normalized spacial score (nSPS) is 20.5. The molecule has 1 amide bonds. The van der Waals surface area contributed by atoms with E-state index in [1.54, 1.807) is 0 Å². The molecule has 0 aromatic carbocycles. The number of rotatable bonds is 4. The fraction of sp³-hybridized carbons (Fsp3) is 0.632. The molecule has 1 saturated heterocycles. The number of aryl methyl sites for hydroxylation is 2. The number of aromatic nitrogens is 3. The molecular formula is C19H27N5O. The van der Waals surface area contributed by atoms with E-state index in [1.807, 2.05) is 16.9 Å². The van der Waals surface area contributed by atoms with E-state index in [4.69, 9.17) is 10.1 Å². The van der Waals surface area contributed by atoms with Gasteiger partial charge < -0.3 is 10.2 Å². The molecule has 1 atom stereocenters. The fourth-order valence-corrected chi connectivity index (χ4v) is 4.15. The Balaban J connectivity index is 1.63. The second-order valence-electron chi connectivity index (χ2n) is 7.25. The number of amides is 1. The molecule has 4 rings (SSSR count). The van der Waals surface area contributed by atoms with Crippen LogP contribution in [0.3, 0.4) is 0 Å². The molecule has 1 N–H and O–H groups in total. The maximum Gasteiger partial charge on any atom is 0.224 e. The van der Waals surface area contributed by atoms with E-state index in [1.165, 1.54) is 24.1 Å². The van der Waals surface area contributed by atoms with Gasteiger partial charge in [0.25, 0.3) is 0 Å². The van der Waals surface area contributed by atoms with Gasteiger partial charge in [-0.25, -0.2) is 9.50 Å². The zero-order valence-corrected chi connectivity index (χ0v) is 15.0. The summed E-state index contributed by atoms with van der Waals surface area (Å²) in [4.78, 5) is 19.4. The molecule has 0 spiro atoms. The smallest absolute Gasteiger partial charge is 0.224 e. The Morgan fingerprint density at radius 1 is 1.32 bits per heavy atom. The molecule has 0 saturated carbocycles. The number of nitrogens with zero attached hydrogens (tertiary/aromatic N) is 4. The Hall–Kier alpha value is -2.11. The minimum absolute atomic E-state index is 0.0566. The number of nitrogens with one attached hydrogen (secondary N) is 1. The minimum Gasteiger partial charge on any atom is -0.356 e. The van der Waals surface area contributed by atoms with E-state index in [9.17, 15) is 4.79 Å². The van der Waals surface area contributed by atoms with Crippen LogP contribution in [0.5, 0.6) is 0 Å². The lowest BCUT2D eigenvalue weighted by Crippen LogP contribution is -2.43. The lowest BCUT2D eigenvalue weighted by atomic mass is 9.95. The fourth-order valence-electron chi connectivity index (χ4n) is 4.15. The van der Waals surface area contributed by atoms with Gasteiger partial charge >= 0.3 is 0 Å². The Morgan fingerprint density at radius 3 is 3.08 bits per heavy atom. The summed E-state index contributed by atoms with van der Waals surface area (Å²) in [5.41, 5.74) is 3.76. The number of piperidine rings is 1. The molecule has 1 fully saturated rings. The van der Waals surface area contributed by atoms with Gasteiger partial charge in [0.15, 0.2) is 5.82 Å². The third kappa shape index (κ3) is 3.10. The number of carbonyl (C=O) groups excluding carboxylic acids is 1. The van der Waals surface area contributed by atoms with Gasteiger partial charge in [0.05, 0.1) is 11.6 Å². The monoisotopic (exact) mass is 341 g/mol. The molecule has 2 aliphatic rings. The summed E-state index contributed by atoms with van der Waals surface area (Å²) in [5, 5.41) is 7.83. The first kappa shape index (κ1) is 16.4. The molecule has 1 aliphatic heterocycles. The summed E-state index contributed by atoms with van der Waals surface area (Å²) in [7, 11) is 0. The summed E-state index contributed by atoms with van der Waals surface area (Å²) in [6, 6.07) is 0. The molecule has 0 radical (unpaired) electrons. The van der Waals surface area contributed by atoms with Gasteiger partial charge in [0, 0.05) is 37.6 Å². The van der Waals surface area contributed by atoms with Crippen molar-refractivity contribution < 1.29 is 4.79 Å². The first-order chi connectivity index (χ1) is 12.3. The van der Waals surface area contributed by atoms with Gasteiger partial charge in [0.2, 0.25) is 5.91 Å². The van der Waals surface area contributed by atoms with Gasteiger partial charge in [-0.2, -0.15) is 5.10 Å². The summed E-state index contributed by atoms with van der Waals surface area (Å²) in [6.07, 6.45) is 11.4. The zero-order chi connectivity index (χ0) is 17.2. The van der Waals surface area contributed by atoms with Crippen molar-refractivity contribution in [1.82, 2.24) is 19.9 Å². The first-order valence-corrected chi connectivity index (χ1v) is 9.65. The predicted octanol–water partition coefficient (Wildman–Crippen LogP) is 2.35. The predicted molar refractivity (Wildman–Crippen MR) is 97.9 cm³/mol. The first-order valence-electron chi connectivity index (χ1n) is 9.65. The molecular weight excluding hydrogens is 314 g/mol. The lowest BCUT2D eigenvalue weighted by molar-refractivity contribution is -0.125. The molecule has 1 aliphatic carbocycles. The van der Waals surface area contributed by atoms with Crippen LogP contribution in [-0.2, 0) is 17.6 Å². The SMILES string of the molecule is CCCNC(=O)C1CCCN(c2nccn3nc4c(c23)CCCC4)C1. The molecule has 2 aromatic heterocycles. The Morgan fingerprint density at radius 2 is 2.20 bits per heavy atom. The van der Waals surface area contributed by atoms with Gasteiger partial charge in [-0.15, -0.1) is 0 Å². The Kier molecular flexibility index (Phi) is 4.59. The van der Waals surface area contributed by atoms with Crippen molar-refractivity contribution in [3.05, 3.63) is 23.7 Å². The Labute approximate surface area is 148 Å². The zero-order valence-electron chi connectivity index (χ0n) is 15.0. The number of anilines is 1. The highest BCUT2D eigenvalue weighted by atomic mass is 16.1. The number of carbonyl (C=O) groups is 1. The van der Waals surface area contributed by atoms with Crippen LogP contribution in [0.1, 0.15) is 50.3 Å². The van der Waals surface area contributed by atoms with Gasteiger partial charge in [0.1, 0.15) is 5.52 Å². The third-order valence-corrected chi connectivity index (χ3v) is 5.44. The van der Waals surface area contributed by atoms with Crippen molar-refractivity contribution in [3.8, 4) is 0 Å². The molecule has 2 aromatic rings. The molecule has 0 bridgehead atoms. The van der Waals surface area contributed by atoms with Crippen LogP contribution in [0.2, 0.25) is 0 Å². The van der Waals surface area contributed by atoms with E-state index >= 15 is 0 Å². The maximum atomic E-state index is 12.4. The quantitative estimate of drug-likeness (QED) is 0.927. The number of hydrogen-bond donors (Lipinski definition) is 1. The van der Waals surface area contributed by atoms with Crippen LogP contribution in [0, 0.1) is 5.92 Å². The average Bonchev–Trinajstić information content (AvgIpc) is 3.05. The number of hydrogen-bond acceptors (Lipinski definition) is 4. The van der Waals surface area contributed by atoms with E-state index in [2.05, 4.69) is 17.1 Å². The third-order valence-electron chi connectivity index (χ3n) is 5.44. The van der Waals surface area contributed by atoms with Crippen LogP contribution < -0.4 is 10.2 Å². The molecule has 3 heterocycles. The average molecular weight is 341 g/mol. The largest absolute Gasteiger partial charge is 0.356 e. The van der Waals surface area contributed by atoms with Crippen molar-refractivity contribution in [2.45, 2.75) is 51.9 Å². The van der Waals surface area contributed by atoms with Crippen molar-refractivity contribution in [1.29, 1.82) is 0 Å². The van der Waals surface area contributed by atoms with E-state index in [0.29, 0.717) is 0 Å². The van der Waals surface area contributed by atoms with Crippen LogP contribution in [0.4, 0.5) is 5.82 Å². The highest BCUT2D eigenvalue weighted by Gasteiger charge is 2.29. The summed E-state index contributed by atoms with van der Waals surface area (Å²) in [5.74, 6) is 1.25. The topological polar surface area (TPSA) is 62.5 Å². The molecule has 1 unspecified atom stereocenters. The van der Waals surface area contributed by atoms with Crippen LogP contribution in [0.15, 0.2) is 12.4 Å². The second-order valence-corrected chi connectivity index (χ2v) is 7.25. The molecule has 6 nitrogen and oxygen atoms in total. The second kappa shape index (κ2) is 7.02. The van der Waals surface area contributed by atoms with Crippen LogP contribution in [0.25, 0.3) is 5.52 Å². The van der Waals surface area contributed by atoms with Crippen LogP contribution >= 0.6 is 0 Å². The molecule has 134 valence electrons. The molecule has 25 heavy (non-hydrogen) atoms. The van der Waals surface area contributed by atoms with Crippen molar-refractivity contribution in [3.63, 3.8) is 0 Å². The minimum atomic E-state index is 0.0566. The summed E-state index contributed by atoms with van der Waals surface area (Å²) in [6.45, 7) is 4.56. The van der Waals surface area contributed by atoms with E-state index in [0.717, 1.165) is 63.1 Å². The number of fused-ring (bicyclic) bond motifs is 3. The van der Waals surface area contributed by atoms with Gasteiger partial charge in [-0.1, -0.05) is 6.92 Å². The van der Waals surface area contributed by atoms with E-state index < -0.39 is 0 Å². The molecule has 6 heteroatoms. The van der Waals surface area contributed by atoms with Gasteiger partial charge in [-0.05, 0) is 44.9 Å². The summed E-state index contributed by atoms with van der Waals surface area (Å²) < 4.78 is 2.00. The van der Waals surface area contributed by atoms with E-state index in [-0.39, 0.29) is 11.8 Å². The maximum absolute atomic E-state index is 12.4. The van der Waals surface area contributed by atoms with Crippen molar-refractivity contribution in [2.24, 2.45) is 5.92 Å².